The van der Waals surface area contributed by atoms with Gasteiger partial charge in [0.15, 0.2) is 16.1 Å². The van der Waals surface area contributed by atoms with Gasteiger partial charge < -0.3 is 0 Å². The lowest BCUT2D eigenvalue weighted by atomic mass is 10.2. The van der Waals surface area contributed by atoms with Crippen molar-refractivity contribution >= 4 is 27.9 Å². The molecule has 0 aliphatic rings. The summed E-state index contributed by atoms with van der Waals surface area (Å²) in [4.78, 5) is 11.4. The van der Waals surface area contributed by atoms with E-state index in [0.29, 0.717) is 16.7 Å². The molecule has 0 radical (unpaired) electrons. The Morgan fingerprint density at radius 2 is 2.00 bits per heavy atom. The van der Waals surface area contributed by atoms with Gasteiger partial charge in [-0.2, -0.15) is 0 Å². The highest BCUT2D eigenvalue weighted by atomic mass is 32.2. The molecule has 1 aromatic carbocycles. The van der Waals surface area contributed by atoms with Crippen LogP contribution < -0.4 is 0 Å². The van der Waals surface area contributed by atoms with Gasteiger partial charge in [0.05, 0.1) is 4.90 Å². The molecule has 0 amide bonds. The third-order valence-corrected chi connectivity index (χ3v) is 3.87. The van der Waals surface area contributed by atoms with Crippen LogP contribution in [0.25, 0.3) is 0 Å². The number of benzene rings is 1. The molecule has 0 heterocycles. The van der Waals surface area contributed by atoms with Gasteiger partial charge in [-0.15, -0.1) is 11.8 Å². The summed E-state index contributed by atoms with van der Waals surface area (Å²) in [5.74, 6) is 0. The van der Waals surface area contributed by atoms with Crippen molar-refractivity contribution in [3.8, 4) is 0 Å². The van der Waals surface area contributed by atoms with Crippen molar-refractivity contribution in [1.29, 1.82) is 0 Å². The number of thioether (sulfide) groups is 1. The normalized spacial score (nSPS) is 11.3. The van der Waals surface area contributed by atoms with Gasteiger partial charge >= 0.3 is 0 Å². The van der Waals surface area contributed by atoms with E-state index >= 15 is 0 Å². The second kappa shape index (κ2) is 4.14. The van der Waals surface area contributed by atoms with E-state index < -0.39 is 9.84 Å². The van der Waals surface area contributed by atoms with Crippen molar-refractivity contribution in [3.05, 3.63) is 23.8 Å². The summed E-state index contributed by atoms with van der Waals surface area (Å²) in [6, 6.07) is 4.68. The first-order chi connectivity index (χ1) is 6.50. The molecule has 0 unspecified atom stereocenters. The van der Waals surface area contributed by atoms with E-state index in [1.54, 1.807) is 18.4 Å². The minimum absolute atomic E-state index is 0.217. The standard InChI is InChI=1S/C9H10O3S2/c1-13-9-7(6-10)4-3-5-8(9)14(2,11)12/h3-6H,1-2H3. The van der Waals surface area contributed by atoms with Crippen LogP contribution in [0.15, 0.2) is 28.0 Å². The lowest BCUT2D eigenvalue weighted by Crippen LogP contribution is -2.01. The van der Waals surface area contributed by atoms with Crippen LogP contribution in [0.5, 0.6) is 0 Å². The lowest BCUT2D eigenvalue weighted by molar-refractivity contribution is 0.112. The highest BCUT2D eigenvalue weighted by Gasteiger charge is 2.15. The Kier molecular flexibility index (Phi) is 3.34. The highest BCUT2D eigenvalue weighted by molar-refractivity contribution is 7.99. The van der Waals surface area contributed by atoms with Crippen LogP contribution in [0.4, 0.5) is 0 Å². The van der Waals surface area contributed by atoms with E-state index in [-0.39, 0.29) is 4.90 Å². The monoisotopic (exact) mass is 230 g/mol. The first-order valence-corrected chi connectivity index (χ1v) is 6.94. The Morgan fingerprint density at radius 3 is 2.43 bits per heavy atom. The summed E-state index contributed by atoms with van der Waals surface area (Å²) in [5, 5.41) is 0. The van der Waals surface area contributed by atoms with E-state index in [1.807, 2.05) is 0 Å². The molecule has 0 saturated heterocycles. The molecule has 3 nitrogen and oxygen atoms in total. The fourth-order valence-corrected chi connectivity index (χ4v) is 3.24. The smallest absolute Gasteiger partial charge is 0.176 e. The summed E-state index contributed by atoms with van der Waals surface area (Å²) in [6.45, 7) is 0. The zero-order chi connectivity index (χ0) is 10.8. The highest BCUT2D eigenvalue weighted by Crippen LogP contribution is 2.27. The SMILES string of the molecule is CSc1c(C=O)cccc1S(C)(=O)=O. The molecule has 0 bridgehead atoms. The Balaban J connectivity index is 3.52. The minimum Gasteiger partial charge on any atom is -0.298 e. The summed E-state index contributed by atoms with van der Waals surface area (Å²) in [7, 11) is -3.26. The van der Waals surface area contributed by atoms with E-state index in [1.165, 1.54) is 17.8 Å². The van der Waals surface area contributed by atoms with Crippen LogP contribution in [0.1, 0.15) is 10.4 Å². The average molecular weight is 230 g/mol. The quantitative estimate of drug-likeness (QED) is 0.585. The Bertz CT molecular complexity index is 449. The van der Waals surface area contributed by atoms with E-state index in [4.69, 9.17) is 0 Å². The Labute approximate surface area is 87.4 Å². The van der Waals surface area contributed by atoms with Crippen LogP contribution in [-0.4, -0.2) is 27.2 Å². The first kappa shape index (κ1) is 11.3. The maximum atomic E-state index is 11.4. The van der Waals surface area contributed by atoms with Gasteiger partial charge in [0.2, 0.25) is 0 Å². The maximum Gasteiger partial charge on any atom is 0.176 e. The van der Waals surface area contributed by atoms with Gasteiger partial charge in [-0.1, -0.05) is 12.1 Å². The predicted molar refractivity (Wildman–Crippen MR) is 56.7 cm³/mol. The summed E-state index contributed by atoms with van der Waals surface area (Å²) in [6.07, 6.45) is 3.55. The molecule has 0 aromatic heterocycles. The van der Waals surface area contributed by atoms with Gasteiger partial charge in [0.1, 0.15) is 0 Å². The fourth-order valence-electron chi connectivity index (χ4n) is 1.14. The topological polar surface area (TPSA) is 51.2 Å². The second-order valence-corrected chi connectivity index (χ2v) is 5.57. The number of carbonyl (C=O) groups is 1. The van der Waals surface area contributed by atoms with Crippen LogP contribution >= 0.6 is 11.8 Å². The molecular weight excluding hydrogens is 220 g/mol. The molecule has 0 saturated carbocycles. The molecule has 0 aliphatic heterocycles. The molecule has 0 aliphatic carbocycles. The van der Waals surface area contributed by atoms with Crippen LogP contribution in [0, 0.1) is 0 Å². The van der Waals surface area contributed by atoms with Crippen molar-refractivity contribution in [2.24, 2.45) is 0 Å². The van der Waals surface area contributed by atoms with E-state index in [2.05, 4.69) is 0 Å². The van der Waals surface area contributed by atoms with Crippen molar-refractivity contribution in [2.75, 3.05) is 12.5 Å². The van der Waals surface area contributed by atoms with Gasteiger partial charge in [-0.25, -0.2) is 8.42 Å². The number of hydrogen-bond acceptors (Lipinski definition) is 4. The maximum absolute atomic E-state index is 11.4. The van der Waals surface area contributed by atoms with Gasteiger partial charge in [-0.3, -0.25) is 4.79 Å². The molecular formula is C9H10O3S2. The summed E-state index contributed by atoms with van der Waals surface area (Å²) >= 11 is 1.26. The molecule has 0 N–H and O–H groups in total. The largest absolute Gasteiger partial charge is 0.298 e. The van der Waals surface area contributed by atoms with Crippen molar-refractivity contribution in [3.63, 3.8) is 0 Å². The Hall–Kier alpha value is -0.810. The molecule has 14 heavy (non-hydrogen) atoms. The summed E-state index contributed by atoms with van der Waals surface area (Å²) < 4.78 is 22.7. The first-order valence-electron chi connectivity index (χ1n) is 3.83. The van der Waals surface area contributed by atoms with Crippen LogP contribution in [0.3, 0.4) is 0 Å². The number of aldehydes is 1. The van der Waals surface area contributed by atoms with Crippen LogP contribution in [0.2, 0.25) is 0 Å². The van der Waals surface area contributed by atoms with Crippen molar-refractivity contribution in [1.82, 2.24) is 0 Å². The van der Waals surface area contributed by atoms with Gasteiger partial charge in [-0.05, 0) is 12.3 Å². The summed E-state index contributed by atoms with van der Waals surface area (Å²) in [5.41, 5.74) is 0.417. The third-order valence-electron chi connectivity index (χ3n) is 1.74. The predicted octanol–water partition coefficient (Wildman–Crippen LogP) is 1.62. The van der Waals surface area contributed by atoms with Crippen LogP contribution in [-0.2, 0) is 9.84 Å². The Morgan fingerprint density at radius 1 is 1.36 bits per heavy atom. The van der Waals surface area contributed by atoms with E-state index in [9.17, 15) is 13.2 Å². The third kappa shape index (κ3) is 2.16. The number of hydrogen-bond donors (Lipinski definition) is 0. The molecule has 5 heteroatoms. The van der Waals surface area contributed by atoms with E-state index in [0.717, 1.165) is 6.26 Å². The molecule has 0 spiro atoms. The number of carbonyl (C=O) groups excluding carboxylic acids is 1. The molecule has 1 aromatic rings. The molecule has 0 fully saturated rings. The second-order valence-electron chi connectivity index (χ2n) is 2.77. The van der Waals surface area contributed by atoms with Crippen molar-refractivity contribution < 1.29 is 13.2 Å². The minimum atomic E-state index is -3.26. The van der Waals surface area contributed by atoms with Gasteiger partial charge in [0.25, 0.3) is 0 Å². The zero-order valence-electron chi connectivity index (χ0n) is 7.85. The molecule has 76 valence electrons. The molecule has 1 rings (SSSR count). The van der Waals surface area contributed by atoms with Crippen molar-refractivity contribution in [2.45, 2.75) is 9.79 Å². The number of sulfone groups is 1. The fraction of sp³-hybridized carbons (Fsp3) is 0.222. The number of rotatable bonds is 3. The molecule has 0 atom stereocenters. The lowest BCUT2D eigenvalue weighted by Gasteiger charge is -2.06. The average Bonchev–Trinajstić information content (AvgIpc) is 2.15. The van der Waals surface area contributed by atoms with Gasteiger partial charge in [0, 0.05) is 16.7 Å². The zero-order valence-corrected chi connectivity index (χ0v) is 9.48.